The lowest BCUT2D eigenvalue weighted by Gasteiger charge is -2.11. The molecule has 0 radical (unpaired) electrons. The van der Waals surface area contributed by atoms with Gasteiger partial charge in [-0.3, -0.25) is 4.98 Å². The van der Waals surface area contributed by atoms with Gasteiger partial charge in [0.2, 0.25) is 3.79 Å². The lowest BCUT2D eigenvalue weighted by molar-refractivity contribution is 1.05. The van der Waals surface area contributed by atoms with Crippen LogP contribution in [0.25, 0.3) is 0 Å². The van der Waals surface area contributed by atoms with E-state index in [1.165, 1.54) is 0 Å². The summed E-state index contributed by atoms with van der Waals surface area (Å²) in [7, 11) is 0. The molecule has 1 nitrogen and oxygen atoms in total. The summed E-state index contributed by atoms with van der Waals surface area (Å²) in [4.78, 5) is 3.95. The number of alkyl halides is 3. The van der Waals surface area contributed by atoms with Gasteiger partial charge in [-0.15, -0.1) is 0 Å². The Morgan fingerprint density at radius 3 is 2.36 bits per heavy atom. The Bertz CT molecular complexity index is 254. The summed E-state index contributed by atoms with van der Waals surface area (Å²) in [6, 6.07) is 3.65. The van der Waals surface area contributed by atoms with Crippen LogP contribution in [-0.2, 0) is 3.79 Å². The van der Waals surface area contributed by atoms with Gasteiger partial charge in [0.15, 0.2) is 0 Å². The van der Waals surface area contributed by atoms with E-state index in [1.807, 2.05) is 13.0 Å². The fourth-order valence-electron chi connectivity index (χ4n) is 0.782. The number of halogens is 3. The molecule has 0 unspecified atom stereocenters. The zero-order chi connectivity index (χ0) is 8.48. The molecule has 11 heavy (non-hydrogen) atoms. The summed E-state index contributed by atoms with van der Waals surface area (Å²) >= 11 is 16.9. The van der Waals surface area contributed by atoms with Crippen molar-refractivity contribution in [3.63, 3.8) is 0 Å². The first-order valence-electron chi connectivity index (χ1n) is 3.00. The molecule has 0 aliphatic carbocycles. The number of aromatic nitrogens is 1. The highest BCUT2D eigenvalue weighted by Crippen LogP contribution is 2.38. The van der Waals surface area contributed by atoms with Crippen LogP contribution in [0.3, 0.4) is 0 Å². The van der Waals surface area contributed by atoms with Crippen molar-refractivity contribution in [2.75, 3.05) is 0 Å². The van der Waals surface area contributed by atoms with Crippen molar-refractivity contribution in [1.29, 1.82) is 0 Å². The molecule has 0 bridgehead atoms. The molecule has 0 saturated heterocycles. The summed E-state index contributed by atoms with van der Waals surface area (Å²) in [6.07, 6.45) is 1.60. The molecule has 0 saturated carbocycles. The third-order valence-electron chi connectivity index (χ3n) is 1.28. The molecule has 0 atom stereocenters. The van der Waals surface area contributed by atoms with Crippen LogP contribution >= 0.6 is 34.8 Å². The maximum atomic E-state index is 5.63. The molecule has 0 amide bonds. The van der Waals surface area contributed by atoms with Crippen LogP contribution in [0.1, 0.15) is 11.3 Å². The van der Waals surface area contributed by atoms with Gasteiger partial charge in [-0.05, 0) is 18.6 Å². The minimum atomic E-state index is -1.41. The molecule has 1 aromatic rings. The summed E-state index contributed by atoms with van der Waals surface area (Å²) in [6.45, 7) is 1.85. The minimum Gasteiger partial charge on any atom is -0.256 e. The van der Waals surface area contributed by atoms with Crippen molar-refractivity contribution >= 4 is 34.8 Å². The first-order chi connectivity index (χ1) is 5.02. The highest BCUT2D eigenvalue weighted by atomic mass is 35.6. The van der Waals surface area contributed by atoms with Gasteiger partial charge in [0.05, 0.1) is 5.69 Å². The van der Waals surface area contributed by atoms with Gasteiger partial charge in [0.1, 0.15) is 0 Å². The number of hydrogen-bond donors (Lipinski definition) is 0. The Labute approximate surface area is 80.3 Å². The first kappa shape index (κ1) is 9.11. The SMILES string of the molecule is Cc1cccnc1C(Cl)(Cl)Cl. The van der Waals surface area contributed by atoms with Crippen molar-refractivity contribution in [1.82, 2.24) is 4.98 Å². The van der Waals surface area contributed by atoms with Crippen molar-refractivity contribution in [2.24, 2.45) is 0 Å². The maximum absolute atomic E-state index is 5.63. The highest BCUT2D eigenvalue weighted by molar-refractivity contribution is 6.66. The monoisotopic (exact) mass is 209 g/mol. The lowest BCUT2D eigenvalue weighted by Crippen LogP contribution is -2.05. The van der Waals surface area contributed by atoms with Gasteiger partial charge in [0.25, 0.3) is 0 Å². The van der Waals surface area contributed by atoms with Crippen LogP contribution in [0.15, 0.2) is 18.3 Å². The van der Waals surface area contributed by atoms with E-state index in [2.05, 4.69) is 4.98 Å². The Morgan fingerprint density at radius 2 is 2.00 bits per heavy atom. The fourth-order valence-corrected chi connectivity index (χ4v) is 1.38. The molecular formula is C7H6Cl3N. The standard InChI is InChI=1S/C7H6Cl3N/c1-5-3-2-4-11-6(5)7(8,9)10/h2-4H,1H3. The number of rotatable bonds is 0. The normalized spacial score (nSPS) is 11.6. The van der Waals surface area contributed by atoms with E-state index >= 15 is 0 Å². The lowest BCUT2D eigenvalue weighted by atomic mass is 10.2. The maximum Gasteiger partial charge on any atom is 0.232 e. The molecule has 0 N–H and O–H groups in total. The summed E-state index contributed by atoms with van der Waals surface area (Å²) in [5.41, 5.74) is 1.37. The fraction of sp³-hybridized carbons (Fsp3) is 0.286. The van der Waals surface area contributed by atoms with Crippen LogP contribution < -0.4 is 0 Å². The van der Waals surface area contributed by atoms with E-state index in [0.29, 0.717) is 5.69 Å². The Morgan fingerprint density at radius 1 is 1.36 bits per heavy atom. The smallest absolute Gasteiger partial charge is 0.232 e. The van der Waals surface area contributed by atoms with Gasteiger partial charge in [0, 0.05) is 6.20 Å². The van der Waals surface area contributed by atoms with E-state index in [1.54, 1.807) is 12.3 Å². The summed E-state index contributed by atoms with van der Waals surface area (Å²) in [5.74, 6) is 0. The third kappa shape index (κ3) is 2.22. The molecule has 0 aliphatic rings. The first-order valence-corrected chi connectivity index (χ1v) is 4.14. The molecule has 1 aromatic heterocycles. The predicted molar refractivity (Wildman–Crippen MR) is 48.2 cm³/mol. The molecule has 0 spiro atoms. The zero-order valence-corrected chi connectivity index (χ0v) is 8.08. The summed E-state index contributed by atoms with van der Waals surface area (Å²) in [5, 5.41) is 0. The number of nitrogens with zero attached hydrogens (tertiary/aromatic N) is 1. The Hall–Kier alpha value is 0.0200. The van der Waals surface area contributed by atoms with Crippen LogP contribution in [0.5, 0.6) is 0 Å². The van der Waals surface area contributed by atoms with Gasteiger partial charge >= 0.3 is 0 Å². The molecule has 60 valence electrons. The Balaban J connectivity index is 3.14. The molecule has 1 heterocycles. The molecule has 0 fully saturated rings. The van der Waals surface area contributed by atoms with E-state index < -0.39 is 3.79 Å². The topological polar surface area (TPSA) is 12.9 Å². The minimum absolute atomic E-state index is 0.491. The molecule has 4 heteroatoms. The average molecular weight is 210 g/mol. The second kappa shape index (κ2) is 3.18. The van der Waals surface area contributed by atoms with Gasteiger partial charge in [-0.25, -0.2) is 0 Å². The Kier molecular flexibility index (Phi) is 2.63. The predicted octanol–water partition coefficient (Wildman–Crippen LogP) is 3.22. The molecule has 0 aliphatic heterocycles. The third-order valence-corrected chi connectivity index (χ3v) is 1.81. The van der Waals surface area contributed by atoms with Crippen molar-refractivity contribution in [2.45, 2.75) is 10.7 Å². The second-order valence-corrected chi connectivity index (χ2v) is 4.45. The zero-order valence-electron chi connectivity index (χ0n) is 5.81. The second-order valence-electron chi connectivity index (χ2n) is 2.17. The van der Waals surface area contributed by atoms with Crippen LogP contribution in [0.4, 0.5) is 0 Å². The molecular weight excluding hydrogens is 204 g/mol. The average Bonchev–Trinajstić information content (AvgIpc) is 1.86. The largest absolute Gasteiger partial charge is 0.256 e. The van der Waals surface area contributed by atoms with Crippen LogP contribution in [-0.4, -0.2) is 4.98 Å². The van der Waals surface area contributed by atoms with Gasteiger partial charge < -0.3 is 0 Å². The van der Waals surface area contributed by atoms with E-state index in [4.69, 9.17) is 34.8 Å². The molecule has 1 rings (SSSR count). The number of aryl methyl sites for hydroxylation is 1. The molecule has 0 aromatic carbocycles. The van der Waals surface area contributed by atoms with Crippen LogP contribution in [0, 0.1) is 6.92 Å². The van der Waals surface area contributed by atoms with E-state index in [9.17, 15) is 0 Å². The van der Waals surface area contributed by atoms with E-state index in [-0.39, 0.29) is 0 Å². The van der Waals surface area contributed by atoms with Crippen molar-refractivity contribution in [3.8, 4) is 0 Å². The van der Waals surface area contributed by atoms with E-state index in [0.717, 1.165) is 5.56 Å². The van der Waals surface area contributed by atoms with Gasteiger partial charge in [-0.1, -0.05) is 40.9 Å². The van der Waals surface area contributed by atoms with Gasteiger partial charge in [-0.2, -0.15) is 0 Å². The highest BCUT2D eigenvalue weighted by Gasteiger charge is 2.25. The quantitative estimate of drug-likeness (QED) is 0.599. The number of hydrogen-bond acceptors (Lipinski definition) is 1. The van der Waals surface area contributed by atoms with Crippen molar-refractivity contribution < 1.29 is 0 Å². The van der Waals surface area contributed by atoms with Crippen LogP contribution in [0.2, 0.25) is 0 Å². The van der Waals surface area contributed by atoms with Crippen molar-refractivity contribution in [3.05, 3.63) is 29.6 Å². The summed E-state index contributed by atoms with van der Waals surface area (Å²) < 4.78 is -1.41. The number of pyridine rings is 1.